The Balaban J connectivity index is -0.000000301. The van der Waals surface area contributed by atoms with Crippen LogP contribution in [0, 0.1) is 0 Å². The standard InChI is InChI=1S/C16H36N4.4ClH/c1-3-14-20(15-4-2)16-8-13-19-11-6-5-10-18-12-7-9-17;;;;/h5-6,18-19H,3-4,7-17H2,1-2H3;4*1H. The zero-order chi connectivity index (χ0) is 14.9. The summed E-state index contributed by atoms with van der Waals surface area (Å²) in [6.45, 7) is 13.0. The van der Waals surface area contributed by atoms with Crippen molar-refractivity contribution in [2.45, 2.75) is 39.5 Å². The number of hydrogen-bond acceptors (Lipinski definition) is 4. The van der Waals surface area contributed by atoms with Crippen LogP contribution in [-0.4, -0.2) is 57.3 Å². The van der Waals surface area contributed by atoms with E-state index in [9.17, 15) is 0 Å². The van der Waals surface area contributed by atoms with Gasteiger partial charge in [-0.1, -0.05) is 26.0 Å². The van der Waals surface area contributed by atoms with E-state index in [2.05, 4.69) is 41.5 Å². The van der Waals surface area contributed by atoms with E-state index in [1.807, 2.05) is 0 Å². The Bertz CT molecular complexity index is 216. The lowest BCUT2D eigenvalue weighted by atomic mass is 10.3. The average Bonchev–Trinajstić information content (AvgIpc) is 2.45. The smallest absolute Gasteiger partial charge is 0.0135 e. The molecule has 0 aromatic carbocycles. The molecule has 0 rings (SSSR count). The summed E-state index contributed by atoms with van der Waals surface area (Å²) in [6.07, 6.45) is 9.19. The molecule has 0 aromatic rings. The van der Waals surface area contributed by atoms with Gasteiger partial charge in [-0.25, -0.2) is 0 Å². The fourth-order valence-electron chi connectivity index (χ4n) is 2.16. The van der Waals surface area contributed by atoms with E-state index in [0.717, 1.165) is 39.1 Å². The minimum Gasteiger partial charge on any atom is -0.330 e. The van der Waals surface area contributed by atoms with Crippen LogP contribution in [0.3, 0.4) is 0 Å². The van der Waals surface area contributed by atoms with Gasteiger partial charge in [-0.3, -0.25) is 0 Å². The zero-order valence-electron chi connectivity index (χ0n) is 15.3. The van der Waals surface area contributed by atoms with Crippen molar-refractivity contribution in [1.82, 2.24) is 15.5 Å². The van der Waals surface area contributed by atoms with Gasteiger partial charge in [0.15, 0.2) is 0 Å². The lowest BCUT2D eigenvalue weighted by molar-refractivity contribution is 0.270. The minimum absolute atomic E-state index is 0. The number of halogens is 4. The van der Waals surface area contributed by atoms with Crippen LogP contribution in [-0.2, 0) is 0 Å². The van der Waals surface area contributed by atoms with Crippen LogP contribution < -0.4 is 16.4 Å². The Morgan fingerprint density at radius 2 is 1.21 bits per heavy atom. The quantitative estimate of drug-likeness (QED) is 0.276. The van der Waals surface area contributed by atoms with E-state index >= 15 is 0 Å². The van der Waals surface area contributed by atoms with E-state index in [0.29, 0.717) is 0 Å². The molecule has 0 amide bonds. The molecule has 0 aliphatic carbocycles. The highest BCUT2D eigenvalue weighted by Gasteiger charge is 2.00. The maximum Gasteiger partial charge on any atom is 0.0135 e. The summed E-state index contributed by atoms with van der Waals surface area (Å²) in [4.78, 5) is 2.57. The summed E-state index contributed by atoms with van der Waals surface area (Å²) in [5.41, 5.74) is 5.43. The Kier molecular flexibility index (Phi) is 47.0. The van der Waals surface area contributed by atoms with Crippen molar-refractivity contribution in [3.63, 3.8) is 0 Å². The maximum absolute atomic E-state index is 5.43. The average molecular weight is 430 g/mol. The molecule has 0 aliphatic heterocycles. The Morgan fingerprint density at radius 3 is 1.62 bits per heavy atom. The van der Waals surface area contributed by atoms with E-state index in [1.165, 1.54) is 38.9 Å². The molecule has 0 fully saturated rings. The number of nitrogens with two attached hydrogens (primary N) is 1. The maximum atomic E-state index is 5.43. The third kappa shape index (κ3) is 27.6. The molecule has 4 N–H and O–H groups in total. The summed E-state index contributed by atoms with van der Waals surface area (Å²) in [7, 11) is 0. The van der Waals surface area contributed by atoms with Crippen molar-refractivity contribution in [3.8, 4) is 0 Å². The van der Waals surface area contributed by atoms with Crippen LogP contribution >= 0.6 is 49.6 Å². The summed E-state index contributed by atoms with van der Waals surface area (Å²) in [5.74, 6) is 0. The molecule has 0 atom stereocenters. The van der Waals surface area contributed by atoms with Crippen molar-refractivity contribution in [2.24, 2.45) is 5.73 Å². The lowest BCUT2D eigenvalue weighted by Crippen LogP contribution is -2.29. The molecule has 0 saturated carbocycles. The van der Waals surface area contributed by atoms with E-state index < -0.39 is 0 Å². The van der Waals surface area contributed by atoms with Crippen molar-refractivity contribution >= 4 is 49.6 Å². The third-order valence-corrected chi connectivity index (χ3v) is 3.16. The molecule has 0 bridgehead atoms. The molecule has 0 aliphatic rings. The number of rotatable bonds is 15. The summed E-state index contributed by atoms with van der Waals surface area (Å²) >= 11 is 0. The summed E-state index contributed by atoms with van der Waals surface area (Å²) in [6, 6.07) is 0. The molecule has 0 aromatic heterocycles. The second-order valence-electron chi connectivity index (χ2n) is 5.22. The molecular weight excluding hydrogens is 390 g/mol. The predicted octanol–water partition coefficient (Wildman–Crippen LogP) is 3.27. The highest BCUT2D eigenvalue weighted by Crippen LogP contribution is 1.95. The van der Waals surface area contributed by atoms with Crippen molar-refractivity contribution in [1.29, 1.82) is 0 Å². The van der Waals surface area contributed by atoms with Crippen LogP contribution in [0.1, 0.15) is 39.5 Å². The summed E-state index contributed by atoms with van der Waals surface area (Å²) < 4.78 is 0. The zero-order valence-corrected chi connectivity index (χ0v) is 18.6. The van der Waals surface area contributed by atoms with Crippen LogP contribution in [0.5, 0.6) is 0 Å². The van der Waals surface area contributed by atoms with Gasteiger partial charge in [-0.05, 0) is 65.0 Å². The first-order chi connectivity index (χ1) is 9.85. The molecule has 0 radical (unpaired) electrons. The second kappa shape index (κ2) is 31.5. The van der Waals surface area contributed by atoms with Gasteiger partial charge < -0.3 is 21.3 Å². The van der Waals surface area contributed by atoms with Gasteiger partial charge in [0, 0.05) is 13.1 Å². The van der Waals surface area contributed by atoms with E-state index in [4.69, 9.17) is 5.73 Å². The van der Waals surface area contributed by atoms with E-state index in [1.54, 1.807) is 0 Å². The number of hydrogen-bond donors (Lipinski definition) is 3. The van der Waals surface area contributed by atoms with Crippen LogP contribution in [0.25, 0.3) is 0 Å². The predicted molar refractivity (Wildman–Crippen MR) is 119 cm³/mol. The van der Waals surface area contributed by atoms with Crippen LogP contribution in [0.4, 0.5) is 0 Å². The largest absolute Gasteiger partial charge is 0.330 e. The minimum atomic E-state index is 0. The van der Waals surface area contributed by atoms with Crippen molar-refractivity contribution < 1.29 is 0 Å². The molecule has 8 heteroatoms. The number of nitrogens with one attached hydrogen (secondary N) is 2. The highest BCUT2D eigenvalue weighted by atomic mass is 35.5. The molecule has 0 spiro atoms. The molecule has 24 heavy (non-hydrogen) atoms. The van der Waals surface area contributed by atoms with Gasteiger partial charge in [0.1, 0.15) is 0 Å². The monoisotopic (exact) mass is 428 g/mol. The van der Waals surface area contributed by atoms with Crippen molar-refractivity contribution in [3.05, 3.63) is 12.2 Å². The van der Waals surface area contributed by atoms with Gasteiger partial charge in [0.05, 0.1) is 0 Å². The SMILES string of the molecule is CCCN(CCC)CCCNCC=CCNCCCN.Cl.Cl.Cl.Cl. The van der Waals surface area contributed by atoms with Crippen LogP contribution in [0.2, 0.25) is 0 Å². The van der Waals surface area contributed by atoms with Gasteiger partial charge in [-0.2, -0.15) is 0 Å². The first-order valence-electron chi connectivity index (χ1n) is 8.34. The third-order valence-electron chi connectivity index (χ3n) is 3.16. The van der Waals surface area contributed by atoms with Gasteiger partial charge in [-0.15, -0.1) is 49.6 Å². The second-order valence-corrected chi connectivity index (χ2v) is 5.22. The molecule has 152 valence electrons. The van der Waals surface area contributed by atoms with Crippen LogP contribution in [0.15, 0.2) is 12.2 Å². The normalized spacial score (nSPS) is 9.83. The lowest BCUT2D eigenvalue weighted by Gasteiger charge is -2.20. The molecule has 0 unspecified atom stereocenters. The topological polar surface area (TPSA) is 53.3 Å². The fourth-order valence-corrected chi connectivity index (χ4v) is 2.16. The summed E-state index contributed by atoms with van der Waals surface area (Å²) in [5, 5.41) is 6.80. The molecule has 0 heterocycles. The molecule has 4 nitrogen and oxygen atoms in total. The Labute approximate surface area is 174 Å². The highest BCUT2D eigenvalue weighted by molar-refractivity contribution is 5.86. The fraction of sp³-hybridized carbons (Fsp3) is 0.875. The Hall–Kier alpha value is 0.740. The first-order valence-corrected chi connectivity index (χ1v) is 8.34. The van der Waals surface area contributed by atoms with Gasteiger partial charge in [0.25, 0.3) is 0 Å². The van der Waals surface area contributed by atoms with Crippen molar-refractivity contribution in [2.75, 3.05) is 52.4 Å². The Morgan fingerprint density at radius 1 is 0.750 bits per heavy atom. The molecule has 0 saturated heterocycles. The van der Waals surface area contributed by atoms with Gasteiger partial charge in [0.2, 0.25) is 0 Å². The van der Waals surface area contributed by atoms with Gasteiger partial charge >= 0.3 is 0 Å². The number of nitrogens with zero attached hydrogens (tertiary/aromatic N) is 1. The van der Waals surface area contributed by atoms with E-state index in [-0.39, 0.29) is 49.6 Å². The molecular formula is C16H40Cl4N4. The first kappa shape index (κ1) is 35.8.